The molecule has 1 atom stereocenters. The number of rotatable bonds is 8. The predicted octanol–water partition coefficient (Wildman–Crippen LogP) is 3.83. The smallest absolute Gasteiger partial charge is 0.324 e. The van der Waals surface area contributed by atoms with Gasteiger partial charge in [0.1, 0.15) is 12.1 Å². The van der Waals surface area contributed by atoms with Crippen LogP contribution in [-0.2, 0) is 21.5 Å². The Morgan fingerprint density at radius 2 is 1.72 bits per heavy atom. The Morgan fingerprint density at radius 1 is 1.03 bits per heavy atom. The number of urea groups is 1. The Morgan fingerprint density at radius 3 is 2.41 bits per heavy atom. The van der Waals surface area contributed by atoms with Crippen molar-refractivity contribution in [2.75, 3.05) is 11.9 Å². The summed E-state index contributed by atoms with van der Waals surface area (Å²) in [7, 11) is 0. The third-order valence-electron chi connectivity index (χ3n) is 5.32. The first kappa shape index (κ1) is 20.6. The lowest BCUT2D eigenvalue weighted by atomic mass is 9.85. The molecule has 1 aliphatic heterocycles. The summed E-state index contributed by atoms with van der Waals surface area (Å²) >= 11 is 0. The maximum Gasteiger partial charge on any atom is 0.325 e. The van der Waals surface area contributed by atoms with Crippen LogP contribution in [0.4, 0.5) is 10.5 Å². The molecule has 152 valence electrons. The fraction of sp³-hybridized carbons (Fsp3) is 0.348. The van der Waals surface area contributed by atoms with Crippen LogP contribution in [0.25, 0.3) is 0 Å². The quantitative estimate of drug-likeness (QED) is 0.669. The molecular weight excluding hydrogens is 366 g/mol. The van der Waals surface area contributed by atoms with E-state index < -0.39 is 17.5 Å². The van der Waals surface area contributed by atoms with Gasteiger partial charge in [0.15, 0.2) is 0 Å². The van der Waals surface area contributed by atoms with Gasteiger partial charge in [0.2, 0.25) is 5.91 Å². The van der Waals surface area contributed by atoms with E-state index in [1.54, 1.807) is 0 Å². The first-order valence-corrected chi connectivity index (χ1v) is 10.1. The minimum Gasteiger partial charge on any atom is -0.324 e. The highest BCUT2D eigenvalue weighted by molar-refractivity contribution is 6.10. The van der Waals surface area contributed by atoms with E-state index in [1.165, 1.54) is 0 Å². The number of imide groups is 1. The van der Waals surface area contributed by atoms with E-state index in [9.17, 15) is 14.4 Å². The Balaban J connectivity index is 1.81. The van der Waals surface area contributed by atoms with Crippen molar-refractivity contribution in [3.8, 4) is 0 Å². The van der Waals surface area contributed by atoms with Gasteiger partial charge in [-0.2, -0.15) is 0 Å². The maximum absolute atomic E-state index is 13.3. The fourth-order valence-electron chi connectivity index (χ4n) is 3.73. The number of anilines is 1. The summed E-state index contributed by atoms with van der Waals surface area (Å²) in [5, 5.41) is 5.69. The number of nitrogens with zero attached hydrogens (tertiary/aromatic N) is 1. The van der Waals surface area contributed by atoms with Crippen molar-refractivity contribution >= 4 is 23.5 Å². The number of carbonyl (C=O) groups excluding carboxylic acids is 3. The monoisotopic (exact) mass is 393 g/mol. The number of hydrogen-bond donors (Lipinski definition) is 2. The highest BCUT2D eigenvalue weighted by atomic mass is 16.2. The molecule has 0 aromatic heterocycles. The van der Waals surface area contributed by atoms with Gasteiger partial charge in [0.25, 0.3) is 5.91 Å². The Bertz CT molecular complexity index is 897. The molecule has 1 aliphatic rings. The molecule has 0 spiro atoms. The molecule has 6 nitrogen and oxygen atoms in total. The van der Waals surface area contributed by atoms with Crippen molar-refractivity contribution in [2.24, 2.45) is 0 Å². The van der Waals surface area contributed by atoms with E-state index in [1.807, 2.05) is 68.4 Å². The lowest BCUT2D eigenvalue weighted by Gasteiger charge is -2.27. The van der Waals surface area contributed by atoms with E-state index in [0.717, 1.165) is 35.3 Å². The molecule has 4 amide bonds. The molecule has 0 radical (unpaired) electrons. The minimum absolute atomic E-state index is 0.316. The molecule has 1 heterocycles. The van der Waals surface area contributed by atoms with E-state index in [4.69, 9.17) is 0 Å². The molecule has 1 fully saturated rings. The minimum atomic E-state index is -1.12. The van der Waals surface area contributed by atoms with Gasteiger partial charge in [-0.05, 0) is 30.0 Å². The Hall–Kier alpha value is -3.15. The van der Waals surface area contributed by atoms with Crippen molar-refractivity contribution in [3.63, 3.8) is 0 Å². The van der Waals surface area contributed by atoms with Gasteiger partial charge < -0.3 is 10.6 Å². The second kappa shape index (κ2) is 8.90. The highest BCUT2D eigenvalue weighted by Gasteiger charge is 2.52. The van der Waals surface area contributed by atoms with E-state index >= 15 is 0 Å². The summed E-state index contributed by atoms with van der Waals surface area (Å²) in [4.78, 5) is 39.6. The zero-order valence-corrected chi connectivity index (χ0v) is 16.9. The topological polar surface area (TPSA) is 78.5 Å². The van der Waals surface area contributed by atoms with Crippen LogP contribution in [0.1, 0.15) is 44.2 Å². The number of nitrogens with one attached hydrogen (secondary N) is 2. The van der Waals surface area contributed by atoms with Crippen molar-refractivity contribution in [3.05, 3.63) is 65.7 Å². The molecule has 0 aliphatic carbocycles. The van der Waals surface area contributed by atoms with Crippen LogP contribution < -0.4 is 10.6 Å². The molecule has 3 rings (SSSR count). The molecule has 1 saturated heterocycles. The number of para-hydroxylation sites is 1. The average molecular weight is 393 g/mol. The SMILES string of the molecule is CCCCC1(c2ccccc2)NC(=O)N(CC(=O)Nc2ccccc2CC)C1=O. The van der Waals surface area contributed by atoms with Gasteiger partial charge in [-0.3, -0.25) is 14.5 Å². The normalized spacial score (nSPS) is 18.6. The molecule has 2 N–H and O–H groups in total. The number of carbonyl (C=O) groups is 3. The fourth-order valence-corrected chi connectivity index (χ4v) is 3.73. The first-order chi connectivity index (χ1) is 14.0. The molecule has 2 aromatic carbocycles. The summed E-state index contributed by atoms with van der Waals surface area (Å²) in [5.74, 6) is -0.769. The lowest BCUT2D eigenvalue weighted by molar-refractivity contribution is -0.134. The molecule has 2 aromatic rings. The molecule has 0 bridgehead atoms. The standard InChI is InChI=1S/C23H27N3O3/c1-3-5-15-23(18-12-7-6-8-13-18)21(28)26(22(29)25-23)16-20(27)24-19-14-10-9-11-17(19)4-2/h6-14H,3-5,15-16H2,1-2H3,(H,24,27)(H,25,29). The molecule has 1 unspecified atom stereocenters. The zero-order chi connectivity index (χ0) is 20.9. The largest absolute Gasteiger partial charge is 0.325 e. The van der Waals surface area contributed by atoms with Crippen LogP contribution in [0.2, 0.25) is 0 Å². The number of aryl methyl sites for hydroxylation is 1. The summed E-state index contributed by atoms with van der Waals surface area (Å²) in [6.45, 7) is 3.73. The summed E-state index contributed by atoms with van der Waals surface area (Å²) < 4.78 is 0. The Labute approximate surface area is 171 Å². The van der Waals surface area contributed by atoms with E-state index in [0.29, 0.717) is 12.1 Å². The van der Waals surface area contributed by atoms with Crippen LogP contribution >= 0.6 is 0 Å². The molecule has 29 heavy (non-hydrogen) atoms. The van der Waals surface area contributed by atoms with Gasteiger partial charge in [0, 0.05) is 5.69 Å². The summed E-state index contributed by atoms with van der Waals surface area (Å²) in [5.41, 5.74) is 1.33. The maximum atomic E-state index is 13.3. The predicted molar refractivity (Wildman–Crippen MR) is 112 cm³/mol. The van der Waals surface area contributed by atoms with Crippen molar-refractivity contribution in [1.29, 1.82) is 0 Å². The van der Waals surface area contributed by atoms with Crippen LogP contribution in [0.3, 0.4) is 0 Å². The first-order valence-electron chi connectivity index (χ1n) is 10.1. The molecule has 6 heteroatoms. The van der Waals surface area contributed by atoms with Gasteiger partial charge in [-0.1, -0.05) is 75.2 Å². The van der Waals surface area contributed by atoms with Gasteiger partial charge in [-0.25, -0.2) is 4.79 Å². The summed E-state index contributed by atoms with van der Waals surface area (Å²) in [6, 6.07) is 16.2. The van der Waals surface area contributed by atoms with Gasteiger partial charge in [0.05, 0.1) is 0 Å². The average Bonchev–Trinajstić information content (AvgIpc) is 2.98. The van der Waals surface area contributed by atoms with Crippen LogP contribution in [0.15, 0.2) is 54.6 Å². The van der Waals surface area contributed by atoms with Gasteiger partial charge in [-0.15, -0.1) is 0 Å². The van der Waals surface area contributed by atoms with Crippen LogP contribution in [0, 0.1) is 0 Å². The third-order valence-corrected chi connectivity index (χ3v) is 5.32. The van der Waals surface area contributed by atoms with Gasteiger partial charge >= 0.3 is 6.03 Å². The number of unbranched alkanes of at least 4 members (excludes halogenated alkanes) is 1. The lowest BCUT2D eigenvalue weighted by Crippen LogP contribution is -2.44. The zero-order valence-electron chi connectivity index (χ0n) is 16.9. The molecule has 0 saturated carbocycles. The van der Waals surface area contributed by atoms with Crippen LogP contribution in [-0.4, -0.2) is 29.3 Å². The molecular formula is C23H27N3O3. The van der Waals surface area contributed by atoms with E-state index in [-0.39, 0.29) is 12.5 Å². The summed E-state index contributed by atoms with van der Waals surface area (Å²) in [6.07, 6.45) is 2.94. The number of amides is 4. The van der Waals surface area contributed by atoms with Crippen LogP contribution in [0.5, 0.6) is 0 Å². The number of benzene rings is 2. The van der Waals surface area contributed by atoms with E-state index in [2.05, 4.69) is 10.6 Å². The third kappa shape index (κ3) is 4.16. The van der Waals surface area contributed by atoms with Crippen molar-refractivity contribution < 1.29 is 14.4 Å². The second-order valence-corrected chi connectivity index (χ2v) is 7.26. The second-order valence-electron chi connectivity index (χ2n) is 7.26. The highest BCUT2D eigenvalue weighted by Crippen LogP contribution is 2.34. The number of hydrogen-bond acceptors (Lipinski definition) is 3. The van der Waals surface area contributed by atoms with Crippen molar-refractivity contribution in [2.45, 2.75) is 45.1 Å². The Kier molecular flexibility index (Phi) is 6.32. The van der Waals surface area contributed by atoms with Crippen molar-refractivity contribution in [1.82, 2.24) is 10.2 Å².